The fraction of sp³-hybridized carbons (Fsp3) is 0.476. The second-order valence-electron chi connectivity index (χ2n) is 7.31. The Kier molecular flexibility index (Phi) is 6.14. The number of carboxylic acids is 1. The Labute approximate surface area is 164 Å². The third kappa shape index (κ3) is 4.42. The number of benzene rings is 1. The fourth-order valence-corrected chi connectivity index (χ4v) is 3.60. The van der Waals surface area contributed by atoms with Gasteiger partial charge in [-0.1, -0.05) is 29.8 Å². The zero-order valence-corrected chi connectivity index (χ0v) is 16.6. The van der Waals surface area contributed by atoms with Crippen molar-refractivity contribution in [2.75, 3.05) is 19.8 Å². The molecule has 1 aliphatic heterocycles. The van der Waals surface area contributed by atoms with E-state index in [1.54, 1.807) is 0 Å². The highest BCUT2D eigenvalue weighted by molar-refractivity contribution is 5.84. The Morgan fingerprint density at radius 3 is 2.61 bits per heavy atom. The minimum Gasteiger partial charge on any atom is -0.480 e. The second kappa shape index (κ2) is 8.56. The average Bonchev–Trinajstić information content (AvgIpc) is 2.94. The van der Waals surface area contributed by atoms with Crippen LogP contribution in [0.25, 0.3) is 0 Å². The highest BCUT2D eigenvalue weighted by atomic mass is 16.5. The van der Waals surface area contributed by atoms with Crippen molar-refractivity contribution in [3.63, 3.8) is 0 Å². The Morgan fingerprint density at radius 2 is 1.93 bits per heavy atom. The van der Waals surface area contributed by atoms with Gasteiger partial charge in [-0.3, -0.25) is 9.48 Å². The number of amides is 1. The Bertz CT molecular complexity index is 857. The van der Waals surface area contributed by atoms with Crippen molar-refractivity contribution in [2.24, 2.45) is 0 Å². The van der Waals surface area contributed by atoms with Gasteiger partial charge in [0, 0.05) is 18.7 Å². The topological polar surface area (TPSA) is 84.7 Å². The number of carbonyl (C=O) groups excluding carboxylic acids is 1. The molecule has 0 saturated carbocycles. The van der Waals surface area contributed by atoms with E-state index >= 15 is 0 Å². The van der Waals surface area contributed by atoms with Crippen LogP contribution in [0.5, 0.6) is 0 Å². The number of morpholine rings is 1. The SMILES string of the molecule is Cc1ccc(Cn2nc(C)c(CCC(=O)N3CCOC[C@H]3C(=O)O)c2C)cc1. The molecule has 150 valence electrons. The van der Waals surface area contributed by atoms with Gasteiger partial charge in [0.1, 0.15) is 0 Å². The molecule has 1 aromatic heterocycles. The molecule has 3 rings (SSSR count). The maximum absolute atomic E-state index is 12.6. The number of carboxylic acid groups (broad SMARTS) is 1. The van der Waals surface area contributed by atoms with Crippen molar-refractivity contribution in [1.82, 2.24) is 14.7 Å². The summed E-state index contributed by atoms with van der Waals surface area (Å²) < 4.78 is 7.17. The standard InChI is InChI=1S/C21H27N3O4/c1-14-4-6-17(7-5-14)12-24-16(3)18(15(2)22-24)8-9-20(25)23-10-11-28-13-19(23)21(26)27/h4-7,19H,8-13H2,1-3H3,(H,26,27)/t19-/m0/s1. The minimum atomic E-state index is -1.02. The lowest BCUT2D eigenvalue weighted by molar-refractivity contribution is -0.158. The number of aliphatic carboxylic acids is 1. The van der Waals surface area contributed by atoms with Crippen molar-refractivity contribution < 1.29 is 19.4 Å². The lowest BCUT2D eigenvalue weighted by Crippen LogP contribution is -2.52. The van der Waals surface area contributed by atoms with Gasteiger partial charge in [-0.25, -0.2) is 4.79 Å². The van der Waals surface area contributed by atoms with E-state index in [2.05, 4.69) is 36.3 Å². The molecule has 1 fully saturated rings. The number of hydrogen-bond acceptors (Lipinski definition) is 4. The normalized spacial score (nSPS) is 17.0. The summed E-state index contributed by atoms with van der Waals surface area (Å²) >= 11 is 0. The summed E-state index contributed by atoms with van der Waals surface area (Å²) in [5, 5.41) is 13.9. The van der Waals surface area contributed by atoms with E-state index in [-0.39, 0.29) is 18.9 Å². The van der Waals surface area contributed by atoms with E-state index in [9.17, 15) is 14.7 Å². The van der Waals surface area contributed by atoms with Crippen molar-refractivity contribution in [1.29, 1.82) is 0 Å². The summed E-state index contributed by atoms with van der Waals surface area (Å²) in [4.78, 5) is 25.4. The van der Waals surface area contributed by atoms with Crippen LogP contribution < -0.4 is 0 Å². The Hall–Kier alpha value is -2.67. The van der Waals surface area contributed by atoms with Crippen LogP contribution in [0.3, 0.4) is 0 Å². The van der Waals surface area contributed by atoms with E-state index in [1.807, 2.05) is 18.5 Å². The molecule has 1 amide bonds. The first-order chi connectivity index (χ1) is 13.4. The first kappa shape index (κ1) is 20.1. The van der Waals surface area contributed by atoms with E-state index in [4.69, 9.17) is 4.74 Å². The summed E-state index contributed by atoms with van der Waals surface area (Å²) in [5.41, 5.74) is 5.41. The van der Waals surface area contributed by atoms with Gasteiger partial charge >= 0.3 is 5.97 Å². The number of nitrogens with zero attached hydrogens (tertiary/aromatic N) is 3. The zero-order chi connectivity index (χ0) is 20.3. The van der Waals surface area contributed by atoms with Gasteiger partial charge in [0.15, 0.2) is 6.04 Å². The van der Waals surface area contributed by atoms with Crippen LogP contribution in [-0.4, -0.2) is 57.5 Å². The zero-order valence-electron chi connectivity index (χ0n) is 16.6. The second-order valence-corrected chi connectivity index (χ2v) is 7.31. The molecule has 0 unspecified atom stereocenters. The molecule has 0 bridgehead atoms. The smallest absolute Gasteiger partial charge is 0.328 e. The maximum atomic E-state index is 12.6. The van der Waals surface area contributed by atoms with Crippen LogP contribution in [0, 0.1) is 20.8 Å². The van der Waals surface area contributed by atoms with Crippen molar-refractivity contribution in [3.8, 4) is 0 Å². The molecule has 0 aliphatic carbocycles. The Morgan fingerprint density at radius 1 is 1.21 bits per heavy atom. The number of carbonyl (C=O) groups is 2. The molecule has 2 aromatic rings. The Balaban J connectivity index is 1.67. The predicted molar refractivity (Wildman–Crippen MR) is 104 cm³/mol. The molecule has 1 aliphatic rings. The average molecular weight is 385 g/mol. The summed E-state index contributed by atoms with van der Waals surface area (Å²) in [6.07, 6.45) is 0.815. The van der Waals surface area contributed by atoms with Crippen LogP contribution in [0.2, 0.25) is 0 Å². The minimum absolute atomic E-state index is 0.0492. The molecule has 0 spiro atoms. The van der Waals surface area contributed by atoms with Gasteiger partial charge in [-0.05, 0) is 38.3 Å². The van der Waals surface area contributed by atoms with Gasteiger partial charge in [-0.15, -0.1) is 0 Å². The summed E-state index contributed by atoms with van der Waals surface area (Å²) in [6.45, 7) is 7.46. The van der Waals surface area contributed by atoms with Gasteiger partial charge in [0.05, 0.1) is 25.5 Å². The fourth-order valence-electron chi connectivity index (χ4n) is 3.60. The molecule has 1 aromatic carbocycles. The molecule has 0 radical (unpaired) electrons. The highest BCUT2D eigenvalue weighted by Crippen LogP contribution is 2.18. The van der Waals surface area contributed by atoms with E-state index in [0.717, 1.165) is 17.0 Å². The first-order valence-electron chi connectivity index (χ1n) is 9.55. The molecule has 7 heteroatoms. The quantitative estimate of drug-likeness (QED) is 0.823. The summed E-state index contributed by atoms with van der Waals surface area (Å²) in [7, 11) is 0. The number of rotatable bonds is 6. The van der Waals surface area contributed by atoms with Crippen LogP contribution in [0.4, 0.5) is 0 Å². The number of ether oxygens (including phenoxy) is 1. The predicted octanol–water partition coefficient (Wildman–Crippen LogP) is 2.10. The lowest BCUT2D eigenvalue weighted by atomic mass is 10.1. The van der Waals surface area contributed by atoms with Crippen LogP contribution in [-0.2, 0) is 27.3 Å². The first-order valence-corrected chi connectivity index (χ1v) is 9.55. The van der Waals surface area contributed by atoms with Gasteiger partial charge in [0.25, 0.3) is 0 Å². The van der Waals surface area contributed by atoms with E-state index in [1.165, 1.54) is 16.0 Å². The van der Waals surface area contributed by atoms with E-state index < -0.39 is 12.0 Å². The van der Waals surface area contributed by atoms with Crippen LogP contribution in [0.1, 0.15) is 34.5 Å². The van der Waals surface area contributed by atoms with Gasteiger partial charge < -0.3 is 14.7 Å². The lowest BCUT2D eigenvalue weighted by Gasteiger charge is -2.32. The number of hydrogen-bond donors (Lipinski definition) is 1. The summed E-state index contributed by atoms with van der Waals surface area (Å²) in [6, 6.07) is 7.47. The summed E-state index contributed by atoms with van der Waals surface area (Å²) in [5.74, 6) is -1.17. The molecule has 1 saturated heterocycles. The molecular formula is C21H27N3O4. The van der Waals surface area contributed by atoms with E-state index in [0.29, 0.717) is 26.1 Å². The monoisotopic (exact) mass is 385 g/mol. The molecule has 1 N–H and O–H groups in total. The third-order valence-electron chi connectivity index (χ3n) is 5.31. The molecule has 1 atom stereocenters. The van der Waals surface area contributed by atoms with Crippen LogP contribution in [0.15, 0.2) is 24.3 Å². The molecule has 2 heterocycles. The number of aryl methyl sites for hydroxylation is 2. The van der Waals surface area contributed by atoms with Crippen molar-refractivity contribution in [2.45, 2.75) is 46.2 Å². The third-order valence-corrected chi connectivity index (χ3v) is 5.31. The molecular weight excluding hydrogens is 358 g/mol. The van der Waals surface area contributed by atoms with Gasteiger partial charge in [0.2, 0.25) is 5.91 Å². The maximum Gasteiger partial charge on any atom is 0.328 e. The largest absolute Gasteiger partial charge is 0.480 e. The van der Waals surface area contributed by atoms with Crippen molar-refractivity contribution >= 4 is 11.9 Å². The van der Waals surface area contributed by atoms with Gasteiger partial charge in [-0.2, -0.15) is 5.10 Å². The van der Waals surface area contributed by atoms with Crippen LogP contribution >= 0.6 is 0 Å². The molecule has 7 nitrogen and oxygen atoms in total. The molecule has 28 heavy (non-hydrogen) atoms. The highest BCUT2D eigenvalue weighted by Gasteiger charge is 2.32. The van der Waals surface area contributed by atoms with Crippen molar-refractivity contribution in [3.05, 3.63) is 52.3 Å². The number of aromatic nitrogens is 2.